The van der Waals surface area contributed by atoms with Crippen LogP contribution in [0.15, 0.2) is 60.7 Å². The van der Waals surface area contributed by atoms with Crippen molar-refractivity contribution in [1.82, 2.24) is 4.98 Å². The Morgan fingerprint density at radius 2 is 1.76 bits per heavy atom. The van der Waals surface area contributed by atoms with E-state index in [0.717, 1.165) is 32.8 Å². The Kier molecular flexibility index (Phi) is 5.04. The van der Waals surface area contributed by atoms with Gasteiger partial charge in [0.05, 0.1) is 39.0 Å². The largest absolute Gasteiger partial charge is 0.493 e. The number of carbonyl (C=O) groups is 1. The zero-order valence-corrected chi connectivity index (χ0v) is 16.6. The third kappa shape index (κ3) is 3.36. The number of fused-ring (bicyclic) bond motifs is 3. The Morgan fingerprint density at radius 3 is 2.52 bits per heavy atom. The van der Waals surface area contributed by atoms with E-state index in [-0.39, 0.29) is 12.4 Å². The molecule has 0 bridgehead atoms. The van der Waals surface area contributed by atoms with Gasteiger partial charge in [0, 0.05) is 10.9 Å². The monoisotopic (exact) mass is 387 g/mol. The fourth-order valence-corrected chi connectivity index (χ4v) is 3.68. The quantitative estimate of drug-likeness (QED) is 0.364. The van der Waals surface area contributed by atoms with Crippen molar-refractivity contribution in [2.45, 2.75) is 6.42 Å². The normalized spacial score (nSPS) is 10.9. The first-order valence-corrected chi connectivity index (χ1v) is 9.25. The lowest BCUT2D eigenvalue weighted by Crippen LogP contribution is -2.06. The molecule has 0 atom stereocenters. The van der Waals surface area contributed by atoms with Gasteiger partial charge in [-0.15, -0.1) is 0 Å². The molecule has 1 heterocycles. The van der Waals surface area contributed by atoms with Gasteiger partial charge in [-0.3, -0.25) is 4.79 Å². The van der Waals surface area contributed by atoms with Gasteiger partial charge >= 0.3 is 5.97 Å². The highest BCUT2D eigenvalue weighted by Crippen LogP contribution is 2.39. The number of benzene rings is 3. The third-order valence-electron chi connectivity index (χ3n) is 5.02. The van der Waals surface area contributed by atoms with Crippen LogP contribution in [-0.4, -0.2) is 32.3 Å². The number of pyridine rings is 1. The van der Waals surface area contributed by atoms with E-state index in [9.17, 15) is 4.79 Å². The molecule has 0 spiro atoms. The lowest BCUT2D eigenvalue weighted by atomic mass is 9.97. The molecule has 0 aliphatic rings. The van der Waals surface area contributed by atoms with Gasteiger partial charge in [-0.2, -0.15) is 0 Å². The summed E-state index contributed by atoms with van der Waals surface area (Å²) in [6.45, 7) is 0. The van der Waals surface area contributed by atoms with Crippen molar-refractivity contribution in [3.05, 3.63) is 66.2 Å². The topological polar surface area (TPSA) is 57.7 Å². The molecule has 5 heteroatoms. The van der Waals surface area contributed by atoms with Crippen molar-refractivity contribution in [3.8, 4) is 22.8 Å². The number of nitrogens with zero attached hydrogens (tertiary/aromatic N) is 1. The Morgan fingerprint density at radius 1 is 0.931 bits per heavy atom. The lowest BCUT2D eigenvalue weighted by Gasteiger charge is -2.15. The predicted octanol–water partition coefficient (Wildman–Crippen LogP) is 4.79. The van der Waals surface area contributed by atoms with E-state index in [2.05, 4.69) is 6.07 Å². The van der Waals surface area contributed by atoms with Gasteiger partial charge < -0.3 is 14.2 Å². The van der Waals surface area contributed by atoms with Crippen LogP contribution in [0.2, 0.25) is 0 Å². The standard InChI is InChI=1S/C24H21NO4/c1-27-21-10-6-9-18(24(21)29-3)20-13-16(14-22(26)28-2)23-17-8-5-4-7-15(17)11-12-19(23)25-20/h4-13H,14H2,1-3H3. The zero-order valence-electron chi connectivity index (χ0n) is 16.6. The molecule has 0 saturated carbocycles. The van der Waals surface area contributed by atoms with Crippen LogP contribution in [0.5, 0.6) is 11.5 Å². The highest BCUT2D eigenvalue weighted by molar-refractivity contribution is 6.09. The van der Waals surface area contributed by atoms with Crippen LogP contribution < -0.4 is 9.47 Å². The molecule has 0 saturated heterocycles. The van der Waals surface area contributed by atoms with Gasteiger partial charge in [0.25, 0.3) is 0 Å². The molecule has 0 unspecified atom stereocenters. The zero-order chi connectivity index (χ0) is 20.4. The summed E-state index contributed by atoms with van der Waals surface area (Å²) in [4.78, 5) is 17.0. The average Bonchev–Trinajstić information content (AvgIpc) is 2.77. The van der Waals surface area contributed by atoms with Crippen molar-refractivity contribution in [3.63, 3.8) is 0 Å². The highest BCUT2D eigenvalue weighted by atomic mass is 16.5. The summed E-state index contributed by atoms with van der Waals surface area (Å²) in [5.74, 6) is 0.931. The van der Waals surface area contributed by atoms with Crippen molar-refractivity contribution in [2.24, 2.45) is 0 Å². The Labute approximate surface area is 168 Å². The molecule has 29 heavy (non-hydrogen) atoms. The summed E-state index contributed by atoms with van der Waals surface area (Å²) in [6, 6.07) is 19.7. The van der Waals surface area contributed by atoms with Gasteiger partial charge in [0.15, 0.2) is 11.5 Å². The first kappa shape index (κ1) is 18.7. The van der Waals surface area contributed by atoms with Gasteiger partial charge in [-0.05, 0) is 40.6 Å². The fourth-order valence-electron chi connectivity index (χ4n) is 3.68. The van der Waals surface area contributed by atoms with Crippen molar-refractivity contribution in [1.29, 1.82) is 0 Å². The van der Waals surface area contributed by atoms with Crippen LogP contribution in [0.1, 0.15) is 5.56 Å². The smallest absolute Gasteiger partial charge is 0.310 e. The minimum absolute atomic E-state index is 0.156. The second-order valence-electron chi connectivity index (χ2n) is 6.64. The van der Waals surface area contributed by atoms with Crippen LogP contribution in [0.4, 0.5) is 0 Å². The maximum absolute atomic E-state index is 12.1. The summed E-state index contributed by atoms with van der Waals surface area (Å²) in [7, 11) is 4.60. The molecule has 0 N–H and O–H groups in total. The molecule has 0 radical (unpaired) electrons. The van der Waals surface area contributed by atoms with Crippen LogP contribution in [-0.2, 0) is 16.0 Å². The van der Waals surface area contributed by atoms with E-state index in [1.807, 2.05) is 54.6 Å². The Balaban J connectivity index is 2.03. The molecule has 146 valence electrons. The number of rotatable bonds is 5. The van der Waals surface area contributed by atoms with Crippen molar-refractivity contribution >= 4 is 27.6 Å². The van der Waals surface area contributed by atoms with E-state index in [0.29, 0.717) is 17.2 Å². The minimum atomic E-state index is -0.297. The van der Waals surface area contributed by atoms with E-state index in [4.69, 9.17) is 19.2 Å². The first-order valence-electron chi connectivity index (χ1n) is 9.25. The third-order valence-corrected chi connectivity index (χ3v) is 5.02. The Hall–Kier alpha value is -3.60. The molecular formula is C24H21NO4. The second-order valence-corrected chi connectivity index (χ2v) is 6.64. The molecular weight excluding hydrogens is 366 g/mol. The number of methoxy groups -OCH3 is 3. The van der Waals surface area contributed by atoms with E-state index >= 15 is 0 Å². The van der Waals surface area contributed by atoms with E-state index in [1.54, 1.807) is 14.2 Å². The molecule has 0 fully saturated rings. The second kappa shape index (κ2) is 7.80. The van der Waals surface area contributed by atoms with Gasteiger partial charge in [-0.1, -0.05) is 36.4 Å². The average molecular weight is 387 g/mol. The molecule has 0 amide bonds. The van der Waals surface area contributed by atoms with Crippen LogP contribution in [0, 0.1) is 0 Å². The number of ether oxygens (including phenoxy) is 3. The van der Waals surface area contributed by atoms with Gasteiger partial charge in [-0.25, -0.2) is 4.98 Å². The number of hydrogen-bond donors (Lipinski definition) is 0. The summed E-state index contributed by atoms with van der Waals surface area (Å²) < 4.78 is 16.0. The first-order chi connectivity index (χ1) is 14.2. The Bertz CT molecular complexity index is 1220. The van der Waals surface area contributed by atoms with Gasteiger partial charge in [0.2, 0.25) is 0 Å². The predicted molar refractivity (Wildman–Crippen MR) is 114 cm³/mol. The maximum atomic E-state index is 12.1. The molecule has 1 aromatic heterocycles. The van der Waals surface area contributed by atoms with Crippen LogP contribution >= 0.6 is 0 Å². The summed E-state index contributed by atoms with van der Waals surface area (Å²) in [5, 5.41) is 3.11. The van der Waals surface area contributed by atoms with Gasteiger partial charge in [0.1, 0.15) is 0 Å². The highest BCUT2D eigenvalue weighted by Gasteiger charge is 2.17. The summed E-state index contributed by atoms with van der Waals surface area (Å²) in [5.41, 5.74) is 3.18. The molecule has 0 aliphatic heterocycles. The number of aromatic nitrogens is 1. The fraction of sp³-hybridized carbons (Fsp3) is 0.167. The minimum Gasteiger partial charge on any atom is -0.493 e. The van der Waals surface area contributed by atoms with E-state index < -0.39 is 0 Å². The number of esters is 1. The molecule has 5 nitrogen and oxygen atoms in total. The maximum Gasteiger partial charge on any atom is 0.310 e. The summed E-state index contributed by atoms with van der Waals surface area (Å²) in [6.07, 6.45) is 0.156. The summed E-state index contributed by atoms with van der Waals surface area (Å²) >= 11 is 0. The molecule has 0 aliphatic carbocycles. The SMILES string of the molecule is COC(=O)Cc1cc(-c2cccc(OC)c2OC)nc2ccc3ccccc3c12. The number of carbonyl (C=O) groups excluding carboxylic acids is 1. The van der Waals surface area contributed by atoms with Crippen LogP contribution in [0.25, 0.3) is 32.9 Å². The number of para-hydroxylation sites is 1. The van der Waals surface area contributed by atoms with Crippen LogP contribution in [0.3, 0.4) is 0 Å². The lowest BCUT2D eigenvalue weighted by molar-refractivity contribution is -0.139. The van der Waals surface area contributed by atoms with E-state index in [1.165, 1.54) is 7.11 Å². The molecule has 3 aromatic carbocycles. The molecule has 4 aromatic rings. The van der Waals surface area contributed by atoms with Crippen molar-refractivity contribution in [2.75, 3.05) is 21.3 Å². The molecule has 4 rings (SSSR count). The number of hydrogen-bond acceptors (Lipinski definition) is 5. The van der Waals surface area contributed by atoms with Crippen molar-refractivity contribution < 1.29 is 19.0 Å².